The van der Waals surface area contributed by atoms with Crippen molar-refractivity contribution in [2.45, 2.75) is 51.4 Å². The van der Waals surface area contributed by atoms with Crippen LogP contribution < -0.4 is 0 Å². The highest BCUT2D eigenvalue weighted by atomic mass is 79.9. The summed E-state index contributed by atoms with van der Waals surface area (Å²) in [4.78, 5) is 0. The van der Waals surface area contributed by atoms with Crippen molar-refractivity contribution in [2.24, 2.45) is 5.92 Å². The second kappa shape index (κ2) is 5.56. The molecule has 0 saturated carbocycles. The fourth-order valence-corrected chi connectivity index (χ4v) is 4.58. The fraction of sp³-hybridized carbons (Fsp3) is 0.625. The van der Waals surface area contributed by atoms with Crippen LogP contribution in [0.1, 0.15) is 50.7 Å². The van der Waals surface area contributed by atoms with Gasteiger partial charge in [0.1, 0.15) is 0 Å². The van der Waals surface area contributed by atoms with Gasteiger partial charge in [-0.05, 0) is 36.3 Å². The predicted molar refractivity (Wildman–Crippen MR) is 78.9 cm³/mol. The van der Waals surface area contributed by atoms with Crippen molar-refractivity contribution >= 4 is 15.9 Å². The lowest BCUT2D eigenvalue weighted by Crippen LogP contribution is -2.39. The van der Waals surface area contributed by atoms with Gasteiger partial charge in [0.25, 0.3) is 0 Å². The van der Waals surface area contributed by atoms with E-state index in [1.54, 1.807) is 11.1 Å². The van der Waals surface area contributed by atoms with E-state index in [-0.39, 0.29) is 0 Å². The quantitative estimate of drug-likeness (QED) is 0.679. The second-order valence-corrected chi connectivity index (χ2v) is 6.05. The zero-order valence-corrected chi connectivity index (χ0v) is 12.6. The van der Waals surface area contributed by atoms with Crippen LogP contribution in [0.4, 0.5) is 0 Å². The van der Waals surface area contributed by atoms with Gasteiger partial charge in [-0.25, -0.2) is 0 Å². The molecule has 0 fully saturated rings. The van der Waals surface area contributed by atoms with Gasteiger partial charge < -0.3 is 0 Å². The number of hydrogen-bond acceptors (Lipinski definition) is 0. The van der Waals surface area contributed by atoms with E-state index in [2.05, 4.69) is 54.0 Å². The molecule has 2 unspecified atom stereocenters. The summed E-state index contributed by atoms with van der Waals surface area (Å²) in [6.45, 7) is 4.74. The Kier molecular flexibility index (Phi) is 4.30. The summed E-state index contributed by atoms with van der Waals surface area (Å²) in [5.74, 6) is 0.772. The van der Waals surface area contributed by atoms with Crippen LogP contribution >= 0.6 is 15.9 Å². The summed E-state index contributed by atoms with van der Waals surface area (Å²) in [5, 5.41) is 1.11. The molecule has 0 radical (unpaired) electrons. The average molecular weight is 295 g/mol. The molecule has 1 heteroatoms. The molecule has 0 aliphatic heterocycles. The van der Waals surface area contributed by atoms with Crippen LogP contribution in [0.2, 0.25) is 0 Å². The molecule has 0 saturated heterocycles. The van der Waals surface area contributed by atoms with E-state index in [0.29, 0.717) is 5.41 Å². The van der Waals surface area contributed by atoms with Crippen molar-refractivity contribution in [3.05, 3.63) is 35.4 Å². The lowest BCUT2D eigenvalue weighted by atomic mass is 9.63. The van der Waals surface area contributed by atoms with Crippen LogP contribution in [0, 0.1) is 5.92 Å². The Morgan fingerprint density at radius 3 is 2.82 bits per heavy atom. The van der Waals surface area contributed by atoms with E-state index in [1.807, 2.05) is 0 Å². The molecule has 94 valence electrons. The SMILES string of the molecule is CCCC(C)C1(CBr)CCCc2ccccc21. The lowest BCUT2D eigenvalue weighted by Gasteiger charge is -2.43. The average Bonchev–Trinajstić information content (AvgIpc) is 2.38. The molecule has 1 aliphatic rings. The Labute approximate surface area is 114 Å². The van der Waals surface area contributed by atoms with Crippen LogP contribution in [-0.4, -0.2) is 5.33 Å². The molecular formula is C16H23Br. The van der Waals surface area contributed by atoms with Crippen LogP contribution in [0.15, 0.2) is 24.3 Å². The van der Waals surface area contributed by atoms with E-state index >= 15 is 0 Å². The number of rotatable bonds is 4. The molecule has 0 heterocycles. The van der Waals surface area contributed by atoms with Crippen LogP contribution in [0.3, 0.4) is 0 Å². The molecule has 2 rings (SSSR count). The minimum atomic E-state index is 0.380. The van der Waals surface area contributed by atoms with Gasteiger partial charge in [-0.15, -0.1) is 0 Å². The van der Waals surface area contributed by atoms with Crippen molar-refractivity contribution in [2.75, 3.05) is 5.33 Å². The maximum absolute atomic E-state index is 3.81. The Morgan fingerprint density at radius 2 is 2.12 bits per heavy atom. The third kappa shape index (κ3) is 2.31. The highest BCUT2D eigenvalue weighted by Crippen LogP contribution is 2.45. The monoisotopic (exact) mass is 294 g/mol. The van der Waals surface area contributed by atoms with E-state index < -0.39 is 0 Å². The maximum Gasteiger partial charge on any atom is 0.0131 e. The van der Waals surface area contributed by atoms with Gasteiger partial charge in [0.15, 0.2) is 0 Å². The molecule has 2 atom stereocenters. The molecule has 17 heavy (non-hydrogen) atoms. The van der Waals surface area contributed by atoms with Crippen molar-refractivity contribution in [3.63, 3.8) is 0 Å². The Bertz CT molecular complexity index is 372. The molecule has 0 spiro atoms. The Hall–Kier alpha value is -0.300. The topological polar surface area (TPSA) is 0 Å². The normalized spacial score (nSPS) is 25.4. The lowest BCUT2D eigenvalue weighted by molar-refractivity contribution is 0.264. The van der Waals surface area contributed by atoms with E-state index in [0.717, 1.165) is 11.2 Å². The van der Waals surface area contributed by atoms with Gasteiger partial charge >= 0.3 is 0 Å². The van der Waals surface area contributed by atoms with Gasteiger partial charge in [-0.1, -0.05) is 66.9 Å². The Morgan fingerprint density at radius 1 is 1.35 bits per heavy atom. The first-order valence-corrected chi connectivity index (χ1v) is 8.01. The van der Waals surface area contributed by atoms with Gasteiger partial charge in [0, 0.05) is 10.7 Å². The minimum absolute atomic E-state index is 0.380. The zero-order valence-electron chi connectivity index (χ0n) is 11.0. The molecule has 1 aromatic carbocycles. The van der Waals surface area contributed by atoms with Crippen molar-refractivity contribution in [1.29, 1.82) is 0 Å². The second-order valence-electron chi connectivity index (χ2n) is 5.49. The third-order valence-corrected chi connectivity index (χ3v) is 5.53. The molecular weight excluding hydrogens is 272 g/mol. The first-order chi connectivity index (χ1) is 8.24. The molecule has 1 aliphatic carbocycles. The molecule has 0 N–H and O–H groups in total. The summed E-state index contributed by atoms with van der Waals surface area (Å²) in [5.41, 5.74) is 3.58. The van der Waals surface area contributed by atoms with Crippen LogP contribution in [0.5, 0.6) is 0 Å². The van der Waals surface area contributed by atoms with Crippen molar-refractivity contribution in [3.8, 4) is 0 Å². The van der Waals surface area contributed by atoms with Crippen molar-refractivity contribution in [1.82, 2.24) is 0 Å². The first-order valence-electron chi connectivity index (χ1n) is 6.89. The molecule has 0 amide bonds. The zero-order chi connectivity index (χ0) is 12.3. The predicted octanol–water partition coefficient (Wildman–Crippen LogP) is 5.09. The smallest absolute Gasteiger partial charge is 0.0131 e. The molecule has 0 aromatic heterocycles. The molecule has 1 aromatic rings. The number of hydrogen-bond donors (Lipinski definition) is 0. The van der Waals surface area contributed by atoms with Gasteiger partial charge in [-0.2, -0.15) is 0 Å². The number of fused-ring (bicyclic) bond motifs is 1. The van der Waals surface area contributed by atoms with Crippen LogP contribution in [-0.2, 0) is 11.8 Å². The highest BCUT2D eigenvalue weighted by molar-refractivity contribution is 9.09. The summed E-state index contributed by atoms with van der Waals surface area (Å²) < 4.78 is 0. The standard InChI is InChI=1S/C16H23Br/c1-3-7-13(2)16(12-17)11-6-9-14-8-4-5-10-15(14)16/h4-5,8,10,13H,3,6-7,9,11-12H2,1-2H3. The third-order valence-electron chi connectivity index (χ3n) is 4.53. The molecule has 0 nitrogen and oxygen atoms in total. The van der Waals surface area contributed by atoms with Gasteiger partial charge in [0.2, 0.25) is 0 Å². The van der Waals surface area contributed by atoms with Crippen molar-refractivity contribution < 1.29 is 0 Å². The van der Waals surface area contributed by atoms with Gasteiger partial charge in [-0.3, -0.25) is 0 Å². The van der Waals surface area contributed by atoms with E-state index in [4.69, 9.17) is 0 Å². The fourth-order valence-electron chi connectivity index (χ4n) is 3.44. The van der Waals surface area contributed by atoms with Crippen LogP contribution in [0.25, 0.3) is 0 Å². The summed E-state index contributed by atoms with van der Waals surface area (Å²) in [6, 6.07) is 9.08. The Balaban J connectivity index is 2.41. The number of halogens is 1. The number of alkyl halides is 1. The highest BCUT2D eigenvalue weighted by Gasteiger charge is 2.39. The number of benzene rings is 1. The first kappa shape index (κ1) is 13.1. The largest absolute Gasteiger partial charge is 0.0918 e. The molecule has 0 bridgehead atoms. The minimum Gasteiger partial charge on any atom is -0.0918 e. The summed E-state index contributed by atoms with van der Waals surface area (Å²) >= 11 is 3.81. The summed E-state index contributed by atoms with van der Waals surface area (Å²) in [6.07, 6.45) is 6.58. The number of aryl methyl sites for hydroxylation is 1. The van der Waals surface area contributed by atoms with E-state index in [1.165, 1.54) is 32.1 Å². The van der Waals surface area contributed by atoms with E-state index in [9.17, 15) is 0 Å². The maximum atomic E-state index is 3.81. The summed E-state index contributed by atoms with van der Waals surface area (Å²) in [7, 11) is 0. The van der Waals surface area contributed by atoms with Gasteiger partial charge in [0.05, 0.1) is 0 Å².